The zero-order chi connectivity index (χ0) is 12.3. The molecule has 3 heteroatoms. The lowest BCUT2D eigenvalue weighted by molar-refractivity contribution is 0.571. The number of aromatic nitrogens is 1. The summed E-state index contributed by atoms with van der Waals surface area (Å²) in [7, 11) is 0. The smallest absolute Gasteiger partial charge is 0.109 e. The minimum atomic E-state index is 0.314. The Bertz CT molecular complexity index is 490. The van der Waals surface area contributed by atoms with Crippen molar-refractivity contribution in [1.82, 2.24) is 10.3 Å². The van der Waals surface area contributed by atoms with E-state index in [4.69, 9.17) is 0 Å². The third-order valence-corrected chi connectivity index (χ3v) is 3.80. The molecule has 2 rings (SSSR count). The van der Waals surface area contributed by atoms with Gasteiger partial charge in [0.2, 0.25) is 0 Å². The summed E-state index contributed by atoms with van der Waals surface area (Å²) < 4.78 is 0. The van der Waals surface area contributed by atoms with Crippen LogP contribution in [-0.2, 0) is 6.54 Å². The molecule has 0 aliphatic carbocycles. The van der Waals surface area contributed by atoms with E-state index in [0.717, 1.165) is 11.6 Å². The number of nitrogens with one attached hydrogen (secondary N) is 1. The Morgan fingerprint density at radius 1 is 1.35 bits per heavy atom. The molecule has 2 nitrogen and oxygen atoms in total. The maximum atomic E-state index is 4.40. The van der Waals surface area contributed by atoms with Gasteiger partial charge in [-0.25, -0.2) is 4.98 Å². The van der Waals surface area contributed by atoms with Crippen LogP contribution >= 0.6 is 11.3 Å². The third-order valence-electron chi connectivity index (χ3n) is 2.70. The highest BCUT2D eigenvalue weighted by atomic mass is 32.1. The summed E-state index contributed by atoms with van der Waals surface area (Å²) in [5.41, 5.74) is 2.63. The van der Waals surface area contributed by atoms with Crippen LogP contribution in [0.25, 0.3) is 0 Å². The van der Waals surface area contributed by atoms with Crippen LogP contribution in [0.3, 0.4) is 0 Å². The van der Waals surface area contributed by atoms with E-state index in [9.17, 15) is 0 Å². The fraction of sp³-hybridized carbons (Fsp3) is 0.357. The summed E-state index contributed by atoms with van der Waals surface area (Å²) in [5.74, 6) is 0. The zero-order valence-corrected chi connectivity index (χ0v) is 11.3. The molecule has 1 heterocycles. The first-order valence-electron chi connectivity index (χ1n) is 5.86. The molecule has 0 fully saturated rings. The normalized spacial score (nSPS) is 12.6. The summed E-state index contributed by atoms with van der Waals surface area (Å²) in [4.78, 5) is 5.67. The number of thiazole rings is 1. The van der Waals surface area contributed by atoms with Gasteiger partial charge in [-0.1, -0.05) is 29.8 Å². The molecule has 90 valence electrons. The molecule has 0 saturated heterocycles. The second-order valence-electron chi connectivity index (χ2n) is 4.40. The maximum absolute atomic E-state index is 4.40. The van der Waals surface area contributed by atoms with Crippen LogP contribution in [0.1, 0.15) is 34.0 Å². The molecule has 0 saturated carbocycles. The van der Waals surface area contributed by atoms with Crippen molar-refractivity contribution in [2.75, 3.05) is 0 Å². The minimum Gasteiger partial charge on any atom is -0.304 e. The highest BCUT2D eigenvalue weighted by molar-refractivity contribution is 7.11. The number of aryl methyl sites for hydroxylation is 2. The second kappa shape index (κ2) is 5.43. The van der Waals surface area contributed by atoms with Gasteiger partial charge >= 0.3 is 0 Å². The highest BCUT2D eigenvalue weighted by Gasteiger charge is 2.08. The molecule has 0 spiro atoms. The molecule has 0 bridgehead atoms. The number of hydrogen-bond donors (Lipinski definition) is 1. The Labute approximate surface area is 107 Å². The van der Waals surface area contributed by atoms with Crippen LogP contribution in [-0.4, -0.2) is 4.98 Å². The van der Waals surface area contributed by atoms with Crippen molar-refractivity contribution in [3.63, 3.8) is 0 Å². The number of hydrogen-bond acceptors (Lipinski definition) is 3. The Balaban J connectivity index is 1.94. The van der Waals surface area contributed by atoms with E-state index in [1.54, 1.807) is 11.3 Å². The Morgan fingerprint density at radius 3 is 2.82 bits per heavy atom. The molecule has 1 aromatic carbocycles. The first-order valence-corrected chi connectivity index (χ1v) is 6.68. The van der Waals surface area contributed by atoms with Gasteiger partial charge in [-0.2, -0.15) is 0 Å². The van der Waals surface area contributed by atoms with Crippen molar-refractivity contribution in [2.45, 2.75) is 33.4 Å². The summed E-state index contributed by atoms with van der Waals surface area (Å²) in [5, 5.41) is 4.67. The molecule has 0 amide bonds. The van der Waals surface area contributed by atoms with Crippen molar-refractivity contribution in [3.05, 3.63) is 51.5 Å². The van der Waals surface area contributed by atoms with E-state index >= 15 is 0 Å². The van der Waals surface area contributed by atoms with Gasteiger partial charge in [-0.3, -0.25) is 0 Å². The molecule has 1 N–H and O–H groups in total. The Morgan fingerprint density at radius 2 is 2.18 bits per heavy atom. The largest absolute Gasteiger partial charge is 0.304 e. The van der Waals surface area contributed by atoms with Gasteiger partial charge < -0.3 is 5.32 Å². The molecular weight excluding hydrogens is 228 g/mol. The molecule has 0 aliphatic heterocycles. The molecule has 1 atom stereocenters. The minimum absolute atomic E-state index is 0.314. The summed E-state index contributed by atoms with van der Waals surface area (Å²) in [6.45, 7) is 7.26. The second-order valence-corrected chi connectivity index (χ2v) is 5.67. The molecule has 0 radical (unpaired) electrons. The number of benzene rings is 1. The summed E-state index contributed by atoms with van der Waals surface area (Å²) in [6, 6.07) is 8.91. The lowest BCUT2D eigenvalue weighted by atomic mass is 10.1. The van der Waals surface area contributed by atoms with Crippen LogP contribution in [0.15, 0.2) is 30.5 Å². The topological polar surface area (TPSA) is 24.9 Å². The van der Waals surface area contributed by atoms with E-state index in [0.29, 0.717) is 6.04 Å². The van der Waals surface area contributed by atoms with Gasteiger partial charge in [0.25, 0.3) is 0 Å². The molecule has 2 aromatic rings. The van der Waals surface area contributed by atoms with Crippen LogP contribution < -0.4 is 5.32 Å². The molecule has 1 aromatic heterocycles. The lowest BCUT2D eigenvalue weighted by Crippen LogP contribution is -2.17. The van der Waals surface area contributed by atoms with Crippen LogP contribution in [0.5, 0.6) is 0 Å². The van der Waals surface area contributed by atoms with E-state index < -0.39 is 0 Å². The van der Waals surface area contributed by atoms with Gasteiger partial charge in [0, 0.05) is 17.6 Å². The van der Waals surface area contributed by atoms with Crippen LogP contribution in [0.4, 0.5) is 0 Å². The predicted octanol–water partition coefficient (Wildman–Crippen LogP) is 3.61. The quantitative estimate of drug-likeness (QED) is 0.891. The van der Waals surface area contributed by atoms with Gasteiger partial charge in [-0.05, 0) is 26.3 Å². The van der Waals surface area contributed by atoms with Gasteiger partial charge in [-0.15, -0.1) is 11.3 Å². The van der Waals surface area contributed by atoms with E-state index in [1.165, 1.54) is 16.0 Å². The maximum Gasteiger partial charge on any atom is 0.109 e. The Hall–Kier alpha value is -1.19. The SMILES string of the molecule is Cc1cccc(CNC(C)c2ncc(C)s2)c1. The fourth-order valence-corrected chi connectivity index (χ4v) is 2.55. The van der Waals surface area contributed by atoms with Crippen molar-refractivity contribution in [1.29, 1.82) is 0 Å². The lowest BCUT2D eigenvalue weighted by Gasteiger charge is -2.11. The first-order chi connectivity index (χ1) is 8.15. The third kappa shape index (κ3) is 3.38. The van der Waals surface area contributed by atoms with Gasteiger partial charge in [0.05, 0.1) is 6.04 Å². The number of nitrogens with zero attached hydrogens (tertiary/aromatic N) is 1. The summed E-state index contributed by atoms with van der Waals surface area (Å²) >= 11 is 1.76. The number of rotatable bonds is 4. The molecule has 1 unspecified atom stereocenters. The van der Waals surface area contributed by atoms with Crippen LogP contribution in [0, 0.1) is 13.8 Å². The highest BCUT2D eigenvalue weighted by Crippen LogP contribution is 2.19. The molecule has 0 aliphatic rings. The predicted molar refractivity (Wildman–Crippen MR) is 73.3 cm³/mol. The fourth-order valence-electron chi connectivity index (χ4n) is 1.75. The van der Waals surface area contributed by atoms with Crippen molar-refractivity contribution < 1.29 is 0 Å². The summed E-state index contributed by atoms with van der Waals surface area (Å²) in [6.07, 6.45) is 1.94. The standard InChI is InChI=1S/C14H18N2S/c1-10-5-4-6-13(7-10)9-15-12(3)14-16-8-11(2)17-14/h4-8,12,15H,9H2,1-3H3. The molecular formula is C14H18N2S. The molecule has 17 heavy (non-hydrogen) atoms. The van der Waals surface area contributed by atoms with Crippen molar-refractivity contribution in [3.8, 4) is 0 Å². The zero-order valence-electron chi connectivity index (χ0n) is 10.5. The monoisotopic (exact) mass is 246 g/mol. The van der Waals surface area contributed by atoms with E-state index in [-0.39, 0.29) is 0 Å². The Kier molecular flexibility index (Phi) is 3.92. The van der Waals surface area contributed by atoms with E-state index in [1.807, 2.05) is 6.20 Å². The van der Waals surface area contributed by atoms with Crippen molar-refractivity contribution >= 4 is 11.3 Å². The average Bonchev–Trinajstić information content (AvgIpc) is 2.73. The van der Waals surface area contributed by atoms with Gasteiger partial charge in [0.15, 0.2) is 0 Å². The van der Waals surface area contributed by atoms with Crippen molar-refractivity contribution in [2.24, 2.45) is 0 Å². The van der Waals surface area contributed by atoms with Gasteiger partial charge in [0.1, 0.15) is 5.01 Å². The van der Waals surface area contributed by atoms with E-state index in [2.05, 4.69) is 55.3 Å². The average molecular weight is 246 g/mol. The first kappa shape index (κ1) is 12.3. The van der Waals surface area contributed by atoms with Crippen LogP contribution in [0.2, 0.25) is 0 Å².